The molecule has 1 aromatic heterocycles. The zero-order valence-corrected chi connectivity index (χ0v) is 18.0. The molecule has 0 aliphatic rings. The Balaban J connectivity index is 0.00000289. The highest BCUT2D eigenvalue weighted by Crippen LogP contribution is 2.26. The van der Waals surface area contributed by atoms with E-state index in [1.807, 2.05) is 42.5 Å². The van der Waals surface area contributed by atoms with Gasteiger partial charge in [0.15, 0.2) is 11.6 Å². The monoisotopic (exact) mass is 449 g/mol. The summed E-state index contributed by atoms with van der Waals surface area (Å²) in [7, 11) is 1.71. The van der Waals surface area contributed by atoms with Crippen LogP contribution < -0.4 is 15.4 Å². The van der Waals surface area contributed by atoms with Crippen LogP contribution in [0.25, 0.3) is 11.1 Å². The first kappa shape index (κ1) is 22.8. The number of amides is 1. The van der Waals surface area contributed by atoms with Crippen molar-refractivity contribution in [3.05, 3.63) is 103 Å². The van der Waals surface area contributed by atoms with Gasteiger partial charge in [-0.2, -0.15) is 0 Å². The Morgan fingerprint density at radius 2 is 1.56 bits per heavy atom. The zero-order valence-electron chi connectivity index (χ0n) is 17.2. The van der Waals surface area contributed by atoms with Gasteiger partial charge in [-0.1, -0.05) is 42.5 Å². The third-order valence-corrected chi connectivity index (χ3v) is 4.68. The topological polar surface area (TPSA) is 63.2 Å². The highest BCUT2D eigenvalue weighted by atomic mass is 35.5. The summed E-state index contributed by atoms with van der Waals surface area (Å²) >= 11 is 0. The molecule has 0 aliphatic heterocycles. The maximum Gasteiger partial charge on any atom is 0.255 e. The lowest BCUT2D eigenvalue weighted by Gasteiger charge is -2.09. The minimum absolute atomic E-state index is 0. The zero-order chi connectivity index (χ0) is 21.6. The number of ether oxygens (including phenoxy) is 1. The average molecular weight is 450 g/mol. The largest absolute Gasteiger partial charge is 0.436 e. The lowest BCUT2D eigenvalue weighted by molar-refractivity contribution is 0.102. The number of benzene rings is 3. The maximum atomic E-state index is 14.0. The molecule has 0 atom stereocenters. The molecule has 0 spiro atoms. The first-order valence-electron chi connectivity index (χ1n) is 9.70. The van der Waals surface area contributed by atoms with Gasteiger partial charge in [-0.15, -0.1) is 12.4 Å². The SMILES string of the molecule is CNc1ccc(Oc2ccc(NC(=O)c3ccc(-c4ccccc4)cc3)cn2)c(F)c1.Cl. The van der Waals surface area contributed by atoms with E-state index in [0.29, 0.717) is 16.9 Å². The number of nitrogens with zero attached hydrogens (tertiary/aromatic N) is 1. The highest BCUT2D eigenvalue weighted by Gasteiger charge is 2.09. The Labute approximate surface area is 191 Å². The lowest BCUT2D eigenvalue weighted by Crippen LogP contribution is -2.11. The molecular formula is C25H21ClFN3O2. The van der Waals surface area contributed by atoms with Crippen molar-refractivity contribution in [2.75, 3.05) is 17.7 Å². The minimum Gasteiger partial charge on any atom is -0.436 e. The Kier molecular flexibility index (Phi) is 7.41. The van der Waals surface area contributed by atoms with E-state index < -0.39 is 5.82 Å². The van der Waals surface area contributed by atoms with Crippen LogP contribution in [0, 0.1) is 5.82 Å². The van der Waals surface area contributed by atoms with E-state index in [2.05, 4.69) is 15.6 Å². The van der Waals surface area contributed by atoms with Crippen LogP contribution in [0.2, 0.25) is 0 Å². The standard InChI is InChI=1S/C25H20FN3O2.ClH/c1-27-20-11-13-23(22(26)15-20)31-24-14-12-21(16-28-24)29-25(30)19-9-7-18(8-10-19)17-5-3-2-4-6-17;/h2-16,27H,1H3,(H,29,30);1H. The molecule has 0 saturated heterocycles. The van der Waals surface area contributed by atoms with Crippen LogP contribution in [0.5, 0.6) is 11.6 Å². The highest BCUT2D eigenvalue weighted by molar-refractivity contribution is 6.04. The van der Waals surface area contributed by atoms with E-state index in [0.717, 1.165) is 11.1 Å². The molecule has 1 amide bonds. The quantitative estimate of drug-likeness (QED) is 0.357. The van der Waals surface area contributed by atoms with Gasteiger partial charge in [0.2, 0.25) is 5.88 Å². The van der Waals surface area contributed by atoms with Gasteiger partial charge < -0.3 is 15.4 Å². The van der Waals surface area contributed by atoms with E-state index in [1.165, 1.54) is 18.3 Å². The molecule has 162 valence electrons. The molecule has 0 saturated carbocycles. The van der Waals surface area contributed by atoms with Crippen molar-refractivity contribution in [2.45, 2.75) is 0 Å². The smallest absolute Gasteiger partial charge is 0.255 e. The fourth-order valence-corrected chi connectivity index (χ4v) is 3.01. The molecular weight excluding hydrogens is 429 g/mol. The second-order valence-corrected chi connectivity index (χ2v) is 6.78. The summed E-state index contributed by atoms with van der Waals surface area (Å²) in [6.07, 6.45) is 1.46. The molecule has 4 rings (SSSR count). The van der Waals surface area contributed by atoms with Crippen molar-refractivity contribution in [1.29, 1.82) is 0 Å². The number of hydrogen-bond donors (Lipinski definition) is 2. The number of pyridine rings is 1. The molecule has 5 nitrogen and oxygen atoms in total. The number of nitrogens with one attached hydrogen (secondary N) is 2. The molecule has 32 heavy (non-hydrogen) atoms. The first-order chi connectivity index (χ1) is 15.1. The van der Waals surface area contributed by atoms with Gasteiger partial charge in [-0.05, 0) is 41.5 Å². The van der Waals surface area contributed by atoms with Crippen molar-refractivity contribution in [3.63, 3.8) is 0 Å². The predicted octanol–water partition coefficient (Wildman–Crippen LogP) is 6.40. The molecule has 0 aliphatic carbocycles. The Morgan fingerprint density at radius 1 is 0.875 bits per heavy atom. The molecule has 4 aromatic rings. The number of carbonyl (C=O) groups is 1. The molecule has 1 heterocycles. The molecule has 2 N–H and O–H groups in total. The van der Waals surface area contributed by atoms with Crippen LogP contribution >= 0.6 is 12.4 Å². The number of rotatable bonds is 6. The molecule has 0 radical (unpaired) electrons. The minimum atomic E-state index is -0.495. The number of halogens is 2. The van der Waals surface area contributed by atoms with E-state index in [1.54, 1.807) is 37.4 Å². The summed E-state index contributed by atoms with van der Waals surface area (Å²) in [4.78, 5) is 16.7. The van der Waals surface area contributed by atoms with Gasteiger partial charge in [0, 0.05) is 30.4 Å². The number of carbonyl (C=O) groups excluding carboxylic acids is 1. The molecule has 0 bridgehead atoms. The van der Waals surface area contributed by atoms with Gasteiger partial charge >= 0.3 is 0 Å². The molecule has 7 heteroatoms. The van der Waals surface area contributed by atoms with Crippen molar-refractivity contribution in [2.24, 2.45) is 0 Å². The maximum absolute atomic E-state index is 14.0. The molecule has 0 unspecified atom stereocenters. The van der Waals surface area contributed by atoms with Crippen LogP contribution in [0.4, 0.5) is 15.8 Å². The summed E-state index contributed by atoms with van der Waals surface area (Å²) in [5.41, 5.74) is 3.82. The Morgan fingerprint density at radius 3 is 2.19 bits per heavy atom. The fourth-order valence-electron chi connectivity index (χ4n) is 3.01. The number of aromatic nitrogens is 1. The van der Waals surface area contributed by atoms with E-state index in [-0.39, 0.29) is 29.9 Å². The van der Waals surface area contributed by atoms with Crippen molar-refractivity contribution in [3.8, 4) is 22.8 Å². The van der Waals surface area contributed by atoms with Crippen LogP contribution in [0.15, 0.2) is 91.1 Å². The number of anilines is 2. The second-order valence-electron chi connectivity index (χ2n) is 6.78. The summed E-state index contributed by atoms with van der Waals surface area (Å²) < 4.78 is 19.5. The summed E-state index contributed by atoms with van der Waals surface area (Å²) in [5, 5.41) is 5.65. The number of hydrogen-bond acceptors (Lipinski definition) is 4. The van der Waals surface area contributed by atoms with Crippen LogP contribution in [0.1, 0.15) is 10.4 Å². The molecule has 3 aromatic carbocycles. The van der Waals surface area contributed by atoms with E-state index >= 15 is 0 Å². The van der Waals surface area contributed by atoms with Gasteiger partial charge in [0.25, 0.3) is 5.91 Å². The average Bonchev–Trinajstić information content (AvgIpc) is 2.82. The normalized spacial score (nSPS) is 10.1. The summed E-state index contributed by atoms with van der Waals surface area (Å²) in [5.74, 6) is -0.447. The van der Waals surface area contributed by atoms with Crippen LogP contribution in [-0.2, 0) is 0 Å². The van der Waals surface area contributed by atoms with Crippen LogP contribution in [-0.4, -0.2) is 17.9 Å². The second kappa shape index (κ2) is 10.4. The van der Waals surface area contributed by atoms with Gasteiger partial charge in [0.1, 0.15) is 0 Å². The van der Waals surface area contributed by atoms with E-state index in [9.17, 15) is 9.18 Å². The van der Waals surface area contributed by atoms with Gasteiger partial charge in [-0.25, -0.2) is 9.37 Å². The van der Waals surface area contributed by atoms with Crippen molar-refractivity contribution >= 4 is 29.7 Å². The third kappa shape index (κ3) is 5.42. The van der Waals surface area contributed by atoms with E-state index in [4.69, 9.17) is 4.74 Å². The summed E-state index contributed by atoms with van der Waals surface area (Å²) in [6.45, 7) is 0. The predicted molar refractivity (Wildman–Crippen MR) is 127 cm³/mol. The van der Waals surface area contributed by atoms with Crippen molar-refractivity contribution < 1.29 is 13.9 Å². The fraction of sp³-hybridized carbons (Fsp3) is 0.0400. The lowest BCUT2D eigenvalue weighted by atomic mass is 10.0. The van der Waals surface area contributed by atoms with Crippen molar-refractivity contribution in [1.82, 2.24) is 4.98 Å². The van der Waals surface area contributed by atoms with Gasteiger partial charge in [0.05, 0.1) is 11.9 Å². The Bertz CT molecular complexity index is 1180. The summed E-state index contributed by atoms with van der Waals surface area (Å²) in [6, 6.07) is 25.1. The van der Waals surface area contributed by atoms with Crippen LogP contribution in [0.3, 0.4) is 0 Å². The molecule has 0 fully saturated rings. The third-order valence-electron chi connectivity index (χ3n) is 4.68. The van der Waals surface area contributed by atoms with Gasteiger partial charge in [-0.3, -0.25) is 4.79 Å². The first-order valence-corrected chi connectivity index (χ1v) is 9.70. The Hall–Kier alpha value is -3.90.